The number of phenols is 1. The average molecular weight is 245 g/mol. The highest BCUT2D eigenvalue weighted by Crippen LogP contribution is 2.23. The van der Waals surface area contributed by atoms with Crippen LogP contribution in [0.25, 0.3) is 0 Å². The molecule has 5 heteroatoms. The van der Waals surface area contributed by atoms with Crippen LogP contribution in [0.3, 0.4) is 0 Å². The van der Waals surface area contributed by atoms with Gasteiger partial charge in [0.15, 0.2) is 11.6 Å². The summed E-state index contributed by atoms with van der Waals surface area (Å²) in [5.74, 6) is 1.60. The van der Waals surface area contributed by atoms with E-state index in [1.54, 1.807) is 22.9 Å². The van der Waals surface area contributed by atoms with Crippen LogP contribution in [-0.2, 0) is 13.0 Å². The van der Waals surface area contributed by atoms with Gasteiger partial charge in [0.1, 0.15) is 11.9 Å². The number of aromatic nitrogens is 3. The minimum Gasteiger partial charge on any atom is -0.508 e. The van der Waals surface area contributed by atoms with Crippen molar-refractivity contribution in [3.63, 3.8) is 0 Å². The lowest BCUT2D eigenvalue weighted by Crippen LogP contribution is -2.16. The van der Waals surface area contributed by atoms with Gasteiger partial charge in [-0.05, 0) is 30.5 Å². The van der Waals surface area contributed by atoms with Gasteiger partial charge >= 0.3 is 0 Å². The molecule has 1 aliphatic rings. The first-order valence-electron chi connectivity index (χ1n) is 6.12. The van der Waals surface area contributed by atoms with Crippen LogP contribution in [0.4, 0.5) is 0 Å². The number of aliphatic hydroxyl groups is 1. The van der Waals surface area contributed by atoms with Crippen LogP contribution >= 0.6 is 0 Å². The summed E-state index contributed by atoms with van der Waals surface area (Å²) < 4.78 is 1.78. The second-order valence-corrected chi connectivity index (χ2v) is 4.61. The Balaban J connectivity index is 1.85. The third-order valence-corrected chi connectivity index (χ3v) is 3.16. The van der Waals surface area contributed by atoms with Crippen molar-refractivity contribution in [3.05, 3.63) is 41.5 Å². The number of aryl methyl sites for hydroxylation is 1. The highest BCUT2D eigenvalue weighted by atomic mass is 16.3. The van der Waals surface area contributed by atoms with E-state index in [1.807, 2.05) is 6.07 Å². The summed E-state index contributed by atoms with van der Waals surface area (Å²) in [5, 5.41) is 23.6. The van der Waals surface area contributed by atoms with Crippen LogP contribution in [0, 0.1) is 0 Å². The molecule has 2 heterocycles. The number of phenolic OH excluding ortho intramolecular Hbond substituents is 1. The third-order valence-electron chi connectivity index (χ3n) is 3.16. The van der Waals surface area contributed by atoms with Gasteiger partial charge in [0.25, 0.3) is 0 Å². The second-order valence-electron chi connectivity index (χ2n) is 4.61. The van der Waals surface area contributed by atoms with Gasteiger partial charge in [-0.2, -0.15) is 5.10 Å². The van der Waals surface area contributed by atoms with E-state index >= 15 is 0 Å². The van der Waals surface area contributed by atoms with Crippen LogP contribution in [0.5, 0.6) is 5.75 Å². The quantitative estimate of drug-likeness (QED) is 0.839. The predicted molar refractivity (Wildman–Crippen MR) is 65.1 cm³/mol. The van der Waals surface area contributed by atoms with E-state index in [4.69, 9.17) is 0 Å². The molecule has 1 unspecified atom stereocenters. The number of hydrogen-bond acceptors (Lipinski definition) is 4. The summed E-state index contributed by atoms with van der Waals surface area (Å²) >= 11 is 0. The molecule has 0 spiro atoms. The van der Waals surface area contributed by atoms with E-state index in [9.17, 15) is 10.2 Å². The van der Waals surface area contributed by atoms with Gasteiger partial charge in [0.05, 0.1) is 0 Å². The molecule has 0 saturated carbocycles. The fourth-order valence-corrected chi connectivity index (χ4v) is 2.30. The Labute approximate surface area is 105 Å². The van der Waals surface area contributed by atoms with Gasteiger partial charge in [-0.3, -0.25) is 0 Å². The summed E-state index contributed by atoms with van der Waals surface area (Å²) in [6, 6.07) is 7.07. The lowest BCUT2D eigenvalue weighted by atomic mass is 10.1. The molecule has 5 nitrogen and oxygen atoms in total. The summed E-state index contributed by atoms with van der Waals surface area (Å²) in [6.07, 6.45) is 1.76. The van der Waals surface area contributed by atoms with E-state index in [2.05, 4.69) is 10.1 Å². The van der Waals surface area contributed by atoms with Gasteiger partial charge in [0, 0.05) is 13.0 Å². The molecule has 0 bridgehead atoms. The predicted octanol–water partition coefficient (Wildman–Crippen LogP) is 1.40. The monoisotopic (exact) mass is 245 g/mol. The summed E-state index contributed by atoms with van der Waals surface area (Å²) in [5.41, 5.74) is 0.965. The van der Waals surface area contributed by atoms with Crippen LogP contribution in [0.2, 0.25) is 0 Å². The van der Waals surface area contributed by atoms with E-state index < -0.39 is 6.10 Å². The largest absolute Gasteiger partial charge is 0.508 e. The van der Waals surface area contributed by atoms with Gasteiger partial charge < -0.3 is 10.2 Å². The molecule has 1 atom stereocenters. The molecular weight excluding hydrogens is 230 g/mol. The molecular formula is C13H15N3O2. The van der Waals surface area contributed by atoms with Gasteiger partial charge in [-0.15, -0.1) is 0 Å². The lowest BCUT2D eigenvalue weighted by Gasteiger charge is -2.16. The maximum atomic E-state index is 9.82. The Morgan fingerprint density at radius 2 is 2.28 bits per heavy atom. The van der Waals surface area contributed by atoms with Crippen molar-refractivity contribution in [1.82, 2.24) is 14.8 Å². The Morgan fingerprint density at radius 1 is 1.39 bits per heavy atom. The first-order chi connectivity index (χ1) is 8.72. The van der Waals surface area contributed by atoms with Crippen LogP contribution in [-0.4, -0.2) is 25.0 Å². The summed E-state index contributed by atoms with van der Waals surface area (Å²) in [7, 11) is 0. The molecule has 0 saturated heterocycles. The molecule has 94 valence electrons. The molecule has 18 heavy (non-hydrogen) atoms. The minimum absolute atomic E-state index is 0.247. The average Bonchev–Trinajstić information content (AvgIpc) is 2.73. The minimum atomic E-state index is -0.496. The fraction of sp³-hybridized carbons (Fsp3) is 0.385. The molecule has 0 fully saturated rings. The third kappa shape index (κ3) is 2.09. The van der Waals surface area contributed by atoms with Crippen LogP contribution in [0.1, 0.15) is 36.2 Å². The number of rotatable bonds is 2. The molecule has 1 aliphatic heterocycles. The highest BCUT2D eigenvalue weighted by Gasteiger charge is 2.21. The Hall–Kier alpha value is -1.88. The maximum Gasteiger partial charge on any atom is 0.156 e. The number of fused-ring (bicyclic) bond motifs is 1. The maximum absolute atomic E-state index is 9.82. The lowest BCUT2D eigenvalue weighted by molar-refractivity contribution is 0.130. The van der Waals surface area contributed by atoms with Gasteiger partial charge in [-0.1, -0.05) is 12.1 Å². The van der Waals surface area contributed by atoms with Crippen molar-refractivity contribution >= 4 is 0 Å². The normalized spacial score (nSPS) is 18.6. The number of nitrogens with zero attached hydrogens (tertiary/aromatic N) is 3. The van der Waals surface area contributed by atoms with Crippen molar-refractivity contribution in [1.29, 1.82) is 0 Å². The Kier molecular flexibility index (Phi) is 2.76. The van der Waals surface area contributed by atoms with E-state index in [-0.39, 0.29) is 5.75 Å². The standard InChI is InChI=1S/C13H15N3O2/c17-10-4-1-3-9(7-10)8-12-14-13-11(18)5-2-6-16(13)15-12/h1,3-4,7,11,17-18H,2,5-6,8H2. The number of aromatic hydroxyl groups is 1. The van der Waals surface area contributed by atoms with E-state index in [0.717, 1.165) is 24.9 Å². The first-order valence-corrected chi connectivity index (χ1v) is 6.12. The number of hydrogen-bond donors (Lipinski definition) is 2. The number of benzene rings is 1. The molecule has 3 rings (SSSR count). The molecule has 0 radical (unpaired) electrons. The molecule has 2 N–H and O–H groups in total. The van der Waals surface area contributed by atoms with Crippen molar-refractivity contribution in [2.75, 3.05) is 0 Å². The first kappa shape index (κ1) is 11.2. The summed E-state index contributed by atoms with van der Waals surface area (Å²) in [6.45, 7) is 0.819. The number of aliphatic hydroxyl groups excluding tert-OH is 1. The molecule has 0 amide bonds. The molecule has 1 aromatic heterocycles. The van der Waals surface area contributed by atoms with Crippen molar-refractivity contribution in [2.45, 2.75) is 31.9 Å². The van der Waals surface area contributed by atoms with Crippen molar-refractivity contribution in [2.24, 2.45) is 0 Å². The molecule has 2 aromatic rings. The fourth-order valence-electron chi connectivity index (χ4n) is 2.30. The Morgan fingerprint density at radius 3 is 3.06 bits per heavy atom. The Bertz CT molecular complexity index is 565. The van der Waals surface area contributed by atoms with E-state index in [0.29, 0.717) is 18.1 Å². The highest BCUT2D eigenvalue weighted by molar-refractivity contribution is 5.29. The van der Waals surface area contributed by atoms with Gasteiger partial charge in [-0.25, -0.2) is 9.67 Å². The van der Waals surface area contributed by atoms with Crippen LogP contribution < -0.4 is 0 Å². The molecule has 0 aliphatic carbocycles. The topological polar surface area (TPSA) is 71.2 Å². The molecule has 1 aromatic carbocycles. The van der Waals surface area contributed by atoms with E-state index in [1.165, 1.54) is 0 Å². The zero-order valence-corrected chi connectivity index (χ0v) is 9.95. The van der Waals surface area contributed by atoms with Crippen molar-refractivity contribution in [3.8, 4) is 5.75 Å². The van der Waals surface area contributed by atoms with Crippen LogP contribution in [0.15, 0.2) is 24.3 Å². The SMILES string of the molecule is Oc1cccc(Cc2nc3n(n2)CCCC3O)c1. The van der Waals surface area contributed by atoms with Gasteiger partial charge in [0.2, 0.25) is 0 Å². The second kappa shape index (κ2) is 4.42. The summed E-state index contributed by atoms with van der Waals surface area (Å²) in [4.78, 5) is 4.38. The zero-order valence-electron chi connectivity index (χ0n) is 9.95. The van der Waals surface area contributed by atoms with Crippen molar-refractivity contribution < 1.29 is 10.2 Å². The zero-order chi connectivity index (χ0) is 12.5. The smallest absolute Gasteiger partial charge is 0.156 e.